The first-order valence-electron chi connectivity index (χ1n) is 3.26. The van der Waals surface area contributed by atoms with Crippen molar-refractivity contribution in [1.29, 1.82) is 0 Å². The van der Waals surface area contributed by atoms with Crippen molar-refractivity contribution in [2.75, 3.05) is 0 Å². The van der Waals surface area contributed by atoms with Crippen molar-refractivity contribution in [3.8, 4) is 0 Å². The van der Waals surface area contributed by atoms with Crippen LogP contribution in [0.3, 0.4) is 0 Å². The molecule has 3 nitrogen and oxygen atoms in total. The molecule has 0 saturated heterocycles. The molecule has 0 spiro atoms. The molecule has 0 bridgehead atoms. The number of hydrogen-bond donors (Lipinski definition) is 1. The molecular formula is C6H10NO2. The molecule has 0 atom stereocenters. The molecule has 0 heterocycles. The highest BCUT2D eigenvalue weighted by Gasteiger charge is 2.16. The predicted molar refractivity (Wildman–Crippen MR) is 31.5 cm³/mol. The van der Waals surface area contributed by atoms with Crippen molar-refractivity contribution in [2.24, 2.45) is 0 Å². The summed E-state index contributed by atoms with van der Waals surface area (Å²) < 4.78 is 0. The van der Waals surface area contributed by atoms with Gasteiger partial charge in [-0.1, -0.05) is 12.8 Å². The third kappa shape index (κ3) is 1.91. The Balaban J connectivity index is 2.19. The van der Waals surface area contributed by atoms with E-state index in [0.29, 0.717) is 0 Å². The summed E-state index contributed by atoms with van der Waals surface area (Å²) in [4.78, 5) is 9.93. The lowest BCUT2D eigenvalue weighted by Gasteiger charge is -2.04. The molecule has 9 heavy (non-hydrogen) atoms. The second-order valence-electron chi connectivity index (χ2n) is 2.41. The van der Waals surface area contributed by atoms with Crippen LogP contribution in [-0.2, 0) is 5.11 Å². The molecule has 0 aliphatic heterocycles. The fourth-order valence-electron chi connectivity index (χ4n) is 1.24. The average molecular weight is 128 g/mol. The molecule has 1 radical (unpaired) electrons. The molecule has 1 aliphatic carbocycles. The van der Waals surface area contributed by atoms with Crippen molar-refractivity contribution >= 4 is 6.09 Å². The minimum atomic E-state index is -1.14. The Hall–Kier alpha value is -0.730. The van der Waals surface area contributed by atoms with Crippen molar-refractivity contribution in [2.45, 2.75) is 31.7 Å². The maximum atomic E-state index is 9.93. The zero-order chi connectivity index (χ0) is 6.69. The normalized spacial score (nSPS) is 20.0. The van der Waals surface area contributed by atoms with E-state index in [-0.39, 0.29) is 6.04 Å². The summed E-state index contributed by atoms with van der Waals surface area (Å²) in [5.41, 5.74) is 0. The van der Waals surface area contributed by atoms with E-state index in [0.717, 1.165) is 25.7 Å². The van der Waals surface area contributed by atoms with Crippen LogP contribution in [0.15, 0.2) is 0 Å². The molecule has 0 aromatic heterocycles. The fourth-order valence-corrected chi connectivity index (χ4v) is 1.24. The highest BCUT2D eigenvalue weighted by molar-refractivity contribution is 5.64. The van der Waals surface area contributed by atoms with Gasteiger partial charge in [-0.2, -0.15) is 0 Å². The average Bonchev–Trinajstić information content (AvgIpc) is 2.15. The summed E-state index contributed by atoms with van der Waals surface area (Å²) in [6.07, 6.45) is 3.11. The third-order valence-corrected chi connectivity index (χ3v) is 1.68. The van der Waals surface area contributed by atoms with E-state index in [2.05, 4.69) is 5.32 Å². The van der Waals surface area contributed by atoms with Gasteiger partial charge in [0.25, 0.3) is 0 Å². The van der Waals surface area contributed by atoms with Crippen LogP contribution in [0.5, 0.6) is 0 Å². The lowest BCUT2D eigenvalue weighted by molar-refractivity contribution is 0.164. The van der Waals surface area contributed by atoms with E-state index >= 15 is 0 Å². The zero-order valence-electron chi connectivity index (χ0n) is 5.22. The van der Waals surface area contributed by atoms with Crippen LogP contribution >= 0.6 is 0 Å². The van der Waals surface area contributed by atoms with Crippen molar-refractivity contribution in [3.05, 3.63) is 0 Å². The van der Waals surface area contributed by atoms with Gasteiger partial charge in [-0.05, 0) is 12.8 Å². The predicted octanol–water partition coefficient (Wildman–Crippen LogP) is 1.07. The third-order valence-electron chi connectivity index (χ3n) is 1.68. The molecule has 1 rings (SSSR count). The van der Waals surface area contributed by atoms with Crippen LogP contribution in [0, 0.1) is 0 Å². The fraction of sp³-hybridized carbons (Fsp3) is 0.833. The molecule has 0 aromatic rings. The van der Waals surface area contributed by atoms with Gasteiger partial charge in [0.2, 0.25) is 0 Å². The summed E-state index contributed by atoms with van der Waals surface area (Å²) in [6, 6.07) is 0.176. The molecule has 51 valence electrons. The number of amides is 1. The minimum Gasteiger partial charge on any atom is -0.316 e. The van der Waals surface area contributed by atoms with Crippen LogP contribution in [0.2, 0.25) is 0 Å². The zero-order valence-corrected chi connectivity index (χ0v) is 5.22. The molecule has 1 fully saturated rings. The van der Waals surface area contributed by atoms with Gasteiger partial charge in [-0.15, -0.1) is 0 Å². The SMILES string of the molecule is [O]C(=O)NC1CCCC1. The molecule has 1 amide bonds. The number of carbonyl (C=O) groups excluding carboxylic acids is 1. The monoisotopic (exact) mass is 128 g/mol. The summed E-state index contributed by atoms with van der Waals surface area (Å²) in [5.74, 6) is 0. The smallest absolute Gasteiger partial charge is 0.316 e. The van der Waals surface area contributed by atoms with Crippen LogP contribution in [0.1, 0.15) is 25.7 Å². The highest BCUT2D eigenvalue weighted by atomic mass is 16.4. The Kier molecular flexibility index (Phi) is 1.92. The Morgan fingerprint density at radius 3 is 2.33 bits per heavy atom. The number of rotatable bonds is 1. The Bertz CT molecular complexity index is 108. The lowest BCUT2D eigenvalue weighted by atomic mass is 10.3. The van der Waals surface area contributed by atoms with Gasteiger partial charge in [0.15, 0.2) is 0 Å². The van der Waals surface area contributed by atoms with Crippen LogP contribution in [-0.4, -0.2) is 12.1 Å². The number of hydrogen-bond acceptors (Lipinski definition) is 1. The molecule has 0 unspecified atom stereocenters. The maximum absolute atomic E-state index is 9.93. The maximum Gasteiger partial charge on any atom is 0.450 e. The number of nitrogens with one attached hydrogen (secondary N) is 1. The largest absolute Gasteiger partial charge is 0.450 e. The molecule has 0 aromatic carbocycles. The van der Waals surface area contributed by atoms with Gasteiger partial charge < -0.3 is 5.32 Å². The molecule has 1 saturated carbocycles. The van der Waals surface area contributed by atoms with Gasteiger partial charge in [0, 0.05) is 6.04 Å². The second-order valence-corrected chi connectivity index (χ2v) is 2.41. The summed E-state index contributed by atoms with van der Waals surface area (Å²) in [5, 5.41) is 12.3. The molecule has 1 N–H and O–H groups in total. The van der Waals surface area contributed by atoms with Gasteiger partial charge >= 0.3 is 6.09 Å². The van der Waals surface area contributed by atoms with Crippen LogP contribution in [0.4, 0.5) is 4.79 Å². The van der Waals surface area contributed by atoms with Gasteiger partial charge in [-0.3, -0.25) is 0 Å². The van der Waals surface area contributed by atoms with Crippen molar-refractivity contribution in [1.82, 2.24) is 5.32 Å². The first-order valence-corrected chi connectivity index (χ1v) is 3.26. The standard InChI is InChI=1S/C6H10NO2/c8-6(9)7-5-3-1-2-4-5/h5,7H,1-4H2. The summed E-state index contributed by atoms with van der Waals surface area (Å²) in [7, 11) is 0. The Morgan fingerprint density at radius 2 is 1.89 bits per heavy atom. The van der Waals surface area contributed by atoms with E-state index in [9.17, 15) is 9.90 Å². The summed E-state index contributed by atoms with van der Waals surface area (Å²) >= 11 is 0. The number of carbonyl (C=O) groups is 1. The lowest BCUT2D eigenvalue weighted by Crippen LogP contribution is -2.30. The van der Waals surface area contributed by atoms with Crippen LogP contribution in [0.25, 0.3) is 0 Å². The first kappa shape index (κ1) is 6.39. The topological polar surface area (TPSA) is 49.0 Å². The minimum absolute atomic E-state index is 0.176. The van der Waals surface area contributed by atoms with Gasteiger partial charge in [0.05, 0.1) is 0 Å². The van der Waals surface area contributed by atoms with E-state index in [1.807, 2.05) is 0 Å². The quantitative estimate of drug-likeness (QED) is 0.564. The van der Waals surface area contributed by atoms with E-state index < -0.39 is 6.09 Å². The van der Waals surface area contributed by atoms with E-state index in [4.69, 9.17) is 0 Å². The highest BCUT2D eigenvalue weighted by Crippen LogP contribution is 2.17. The first-order chi connectivity index (χ1) is 4.29. The molecule has 1 aliphatic rings. The summed E-state index contributed by atoms with van der Waals surface area (Å²) in [6.45, 7) is 0. The molecular weight excluding hydrogens is 118 g/mol. The van der Waals surface area contributed by atoms with Gasteiger partial charge in [0.1, 0.15) is 0 Å². The molecule has 3 heteroatoms. The van der Waals surface area contributed by atoms with E-state index in [1.165, 1.54) is 0 Å². The Labute approximate surface area is 54.1 Å². The Morgan fingerprint density at radius 1 is 1.33 bits per heavy atom. The van der Waals surface area contributed by atoms with Crippen LogP contribution < -0.4 is 5.32 Å². The van der Waals surface area contributed by atoms with E-state index in [1.54, 1.807) is 0 Å². The van der Waals surface area contributed by atoms with Crippen molar-refractivity contribution in [3.63, 3.8) is 0 Å². The second kappa shape index (κ2) is 2.71. The van der Waals surface area contributed by atoms with Crippen molar-refractivity contribution < 1.29 is 9.90 Å². The van der Waals surface area contributed by atoms with Gasteiger partial charge in [-0.25, -0.2) is 9.90 Å².